The second kappa shape index (κ2) is 6.90. The molecule has 2 aromatic carbocycles. The van der Waals surface area contributed by atoms with E-state index in [4.69, 9.17) is 32.4 Å². The van der Waals surface area contributed by atoms with Crippen molar-refractivity contribution in [3.8, 4) is 11.5 Å². The Morgan fingerprint density at radius 3 is 2.59 bits per heavy atom. The molecular weight excluding hydrogens is 419 g/mol. The van der Waals surface area contributed by atoms with Crippen LogP contribution in [-0.2, 0) is 4.79 Å². The van der Waals surface area contributed by atoms with Crippen molar-refractivity contribution in [2.75, 3.05) is 0 Å². The maximum absolute atomic E-state index is 12.4. The quantitative estimate of drug-likeness (QED) is 0.271. The topological polar surface area (TPSA) is 93.8 Å². The van der Waals surface area contributed by atoms with Gasteiger partial charge in [-0.05, 0) is 37.1 Å². The van der Waals surface area contributed by atoms with Gasteiger partial charge in [0.2, 0.25) is 0 Å². The van der Waals surface area contributed by atoms with Crippen LogP contribution in [0.15, 0.2) is 33.5 Å². The standard InChI is InChI=1S/C21H14Cl2O6/c1-8-5-14(25)28-20-16(8)19(27)17(9(2)24)21-18(20)12(7-15(26)29-21)11-4-3-10(22)6-13(11)23/h3-6,12,27H,7H2,1-2H3/t12-/m0/s1. The summed E-state index contributed by atoms with van der Waals surface area (Å²) in [5.74, 6) is -2.29. The highest BCUT2D eigenvalue weighted by Gasteiger charge is 2.37. The number of aromatic hydroxyl groups is 1. The summed E-state index contributed by atoms with van der Waals surface area (Å²) in [6.45, 7) is 2.87. The molecular formula is C21H14Cl2O6. The van der Waals surface area contributed by atoms with Gasteiger partial charge in [-0.2, -0.15) is 0 Å². The number of carbonyl (C=O) groups excluding carboxylic acids is 2. The largest absolute Gasteiger partial charge is 0.506 e. The summed E-state index contributed by atoms with van der Waals surface area (Å²) in [6.07, 6.45) is -0.0940. The molecule has 8 heteroatoms. The molecule has 1 aliphatic rings. The Bertz CT molecular complexity index is 1270. The highest BCUT2D eigenvalue weighted by molar-refractivity contribution is 6.35. The first-order chi connectivity index (χ1) is 13.7. The van der Waals surface area contributed by atoms with Crippen LogP contribution in [0.2, 0.25) is 10.0 Å². The zero-order valence-electron chi connectivity index (χ0n) is 15.3. The van der Waals surface area contributed by atoms with Gasteiger partial charge >= 0.3 is 11.6 Å². The molecule has 1 aliphatic heterocycles. The third-order valence-corrected chi connectivity index (χ3v) is 5.54. The molecule has 0 spiro atoms. The van der Waals surface area contributed by atoms with E-state index in [2.05, 4.69) is 0 Å². The first-order valence-corrected chi connectivity index (χ1v) is 9.44. The van der Waals surface area contributed by atoms with E-state index >= 15 is 0 Å². The van der Waals surface area contributed by atoms with Gasteiger partial charge in [0.05, 0.1) is 11.8 Å². The van der Waals surface area contributed by atoms with Gasteiger partial charge in [-0.25, -0.2) is 4.79 Å². The molecule has 3 aromatic rings. The molecule has 0 saturated carbocycles. The molecule has 0 saturated heterocycles. The minimum atomic E-state index is -0.665. The summed E-state index contributed by atoms with van der Waals surface area (Å²) >= 11 is 12.4. The van der Waals surface area contributed by atoms with Gasteiger partial charge in [-0.3, -0.25) is 9.59 Å². The van der Waals surface area contributed by atoms with Gasteiger partial charge in [-0.1, -0.05) is 29.3 Å². The average Bonchev–Trinajstić information content (AvgIpc) is 2.59. The van der Waals surface area contributed by atoms with Crippen molar-refractivity contribution in [1.29, 1.82) is 0 Å². The van der Waals surface area contributed by atoms with E-state index < -0.39 is 29.0 Å². The molecule has 0 aliphatic carbocycles. The molecule has 0 unspecified atom stereocenters. The van der Waals surface area contributed by atoms with E-state index in [1.807, 2.05) is 0 Å². The van der Waals surface area contributed by atoms with E-state index in [-0.39, 0.29) is 28.7 Å². The summed E-state index contributed by atoms with van der Waals surface area (Å²) < 4.78 is 10.8. The fraction of sp³-hybridized carbons (Fsp3) is 0.190. The lowest BCUT2D eigenvalue weighted by atomic mass is 9.82. The number of rotatable bonds is 2. The van der Waals surface area contributed by atoms with Crippen LogP contribution < -0.4 is 10.4 Å². The van der Waals surface area contributed by atoms with Crippen molar-refractivity contribution in [2.24, 2.45) is 0 Å². The smallest absolute Gasteiger partial charge is 0.336 e. The van der Waals surface area contributed by atoms with Crippen LogP contribution in [0.1, 0.15) is 46.3 Å². The molecule has 29 heavy (non-hydrogen) atoms. The summed E-state index contributed by atoms with van der Waals surface area (Å²) in [4.78, 5) is 36.8. The predicted octanol–water partition coefficient (Wildman–Crippen LogP) is 4.76. The van der Waals surface area contributed by atoms with Crippen LogP contribution in [0, 0.1) is 6.92 Å². The van der Waals surface area contributed by atoms with Crippen LogP contribution >= 0.6 is 23.2 Å². The first kappa shape index (κ1) is 19.5. The minimum absolute atomic E-state index is 0.0519. The Morgan fingerprint density at radius 1 is 1.21 bits per heavy atom. The van der Waals surface area contributed by atoms with Crippen molar-refractivity contribution in [1.82, 2.24) is 0 Å². The van der Waals surface area contributed by atoms with Gasteiger partial charge in [0, 0.05) is 27.6 Å². The normalized spacial score (nSPS) is 15.9. The molecule has 0 radical (unpaired) electrons. The van der Waals surface area contributed by atoms with Gasteiger partial charge < -0.3 is 14.3 Å². The first-order valence-electron chi connectivity index (χ1n) is 8.68. The van der Waals surface area contributed by atoms with Crippen LogP contribution in [0.3, 0.4) is 0 Å². The summed E-state index contributed by atoms with van der Waals surface area (Å²) in [7, 11) is 0. The number of Topliss-reactive ketones (excluding diaryl/α,β-unsaturated/α-hetero) is 1. The van der Waals surface area contributed by atoms with Gasteiger partial charge in [0.25, 0.3) is 0 Å². The van der Waals surface area contributed by atoms with Crippen molar-refractivity contribution in [3.05, 3.63) is 67.0 Å². The number of phenols is 1. The lowest BCUT2D eigenvalue weighted by Gasteiger charge is -2.28. The molecule has 1 aromatic heterocycles. The number of phenolic OH excluding ortho intramolecular Hbond substituents is 1. The number of fused-ring (bicyclic) bond motifs is 3. The molecule has 0 bridgehead atoms. The molecule has 1 N–H and O–H groups in total. The molecule has 2 heterocycles. The second-order valence-electron chi connectivity index (χ2n) is 6.87. The average molecular weight is 433 g/mol. The Hall–Kier alpha value is -2.83. The predicted molar refractivity (Wildman–Crippen MR) is 107 cm³/mol. The maximum Gasteiger partial charge on any atom is 0.336 e. The number of hydrogen-bond acceptors (Lipinski definition) is 6. The number of ether oxygens (including phenoxy) is 1. The lowest BCUT2D eigenvalue weighted by molar-refractivity contribution is -0.135. The molecule has 4 rings (SSSR count). The Balaban J connectivity index is 2.19. The third kappa shape index (κ3) is 3.09. The van der Waals surface area contributed by atoms with Gasteiger partial charge in [-0.15, -0.1) is 0 Å². The van der Waals surface area contributed by atoms with Gasteiger partial charge in [0.15, 0.2) is 11.5 Å². The fourth-order valence-electron chi connectivity index (χ4n) is 3.79. The van der Waals surface area contributed by atoms with E-state index in [1.54, 1.807) is 19.1 Å². The fourth-order valence-corrected chi connectivity index (χ4v) is 4.33. The van der Waals surface area contributed by atoms with Crippen LogP contribution in [0.4, 0.5) is 0 Å². The van der Waals surface area contributed by atoms with E-state index in [9.17, 15) is 19.5 Å². The zero-order chi connectivity index (χ0) is 21.0. The van der Waals surface area contributed by atoms with E-state index in [0.717, 1.165) is 0 Å². The van der Waals surface area contributed by atoms with E-state index in [1.165, 1.54) is 19.1 Å². The SMILES string of the molecule is CC(=O)c1c2c(c3oc(=O)cc(C)c3c1O)[C@H](c1ccc(Cl)cc1Cl)CC(=O)O2. The van der Waals surface area contributed by atoms with Crippen molar-refractivity contribution >= 4 is 45.9 Å². The van der Waals surface area contributed by atoms with Crippen molar-refractivity contribution < 1.29 is 23.8 Å². The molecule has 148 valence electrons. The van der Waals surface area contributed by atoms with Gasteiger partial charge in [0.1, 0.15) is 16.9 Å². The van der Waals surface area contributed by atoms with Crippen LogP contribution in [0.25, 0.3) is 11.0 Å². The summed E-state index contributed by atoms with van der Waals surface area (Å²) in [5, 5.41) is 11.7. The summed E-state index contributed by atoms with van der Waals surface area (Å²) in [6, 6.07) is 6.04. The molecule has 6 nitrogen and oxygen atoms in total. The highest BCUT2D eigenvalue weighted by atomic mass is 35.5. The molecule has 1 atom stereocenters. The van der Waals surface area contributed by atoms with Crippen molar-refractivity contribution in [3.63, 3.8) is 0 Å². The number of esters is 1. The van der Waals surface area contributed by atoms with E-state index in [0.29, 0.717) is 26.7 Å². The Morgan fingerprint density at radius 2 is 1.93 bits per heavy atom. The second-order valence-corrected chi connectivity index (χ2v) is 7.72. The Labute approximate surface area is 174 Å². The Kier molecular flexibility index (Phi) is 4.63. The number of aryl methyl sites for hydroxylation is 1. The molecule has 0 fully saturated rings. The summed E-state index contributed by atoms with van der Waals surface area (Å²) in [5.41, 5.74) is 0.567. The van der Waals surface area contributed by atoms with Crippen LogP contribution in [-0.4, -0.2) is 16.9 Å². The number of carbonyl (C=O) groups is 2. The number of halogens is 2. The minimum Gasteiger partial charge on any atom is -0.506 e. The molecule has 0 amide bonds. The zero-order valence-corrected chi connectivity index (χ0v) is 16.9. The highest BCUT2D eigenvalue weighted by Crippen LogP contribution is 2.50. The number of ketones is 1. The maximum atomic E-state index is 12.4. The third-order valence-electron chi connectivity index (χ3n) is 4.97. The lowest BCUT2D eigenvalue weighted by Crippen LogP contribution is -2.24. The van der Waals surface area contributed by atoms with Crippen molar-refractivity contribution in [2.45, 2.75) is 26.2 Å². The monoisotopic (exact) mass is 432 g/mol. The number of benzene rings is 2. The number of hydrogen-bond donors (Lipinski definition) is 1. The van der Waals surface area contributed by atoms with Crippen LogP contribution in [0.5, 0.6) is 11.5 Å².